The zero-order valence-electron chi connectivity index (χ0n) is 29.7. The van der Waals surface area contributed by atoms with E-state index in [2.05, 4.69) is 27.7 Å². The highest BCUT2D eigenvalue weighted by Gasteiger charge is 2.29. The molecule has 0 saturated carbocycles. The third-order valence-electron chi connectivity index (χ3n) is 8.78. The fraction of sp³-hybridized carbons (Fsp3) is 0.537. The van der Waals surface area contributed by atoms with Crippen LogP contribution in [0.2, 0.25) is 0 Å². The first-order chi connectivity index (χ1) is 22.2. The molecule has 0 N–H and O–H groups in total. The van der Waals surface area contributed by atoms with Gasteiger partial charge in [0.25, 0.3) is 11.8 Å². The molecule has 0 unspecified atom stereocenters. The molecule has 3 rings (SSSR count). The summed E-state index contributed by atoms with van der Waals surface area (Å²) in [5.74, 6) is 0.181. The van der Waals surface area contributed by atoms with Gasteiger partial charge < -0.3 is 28.7 Å². The van der Waals surface area contributed by atoms with Gasteiger partial charge in [0.05, 0.1) is 6.61 Å². The van der Waals surface area contributed by atoms with E-state index in [4.69, 9.17) is 4.74 Å². The number of carbonyl (C=O) groups is 2. The molecule has 0 aliphatic carbocycles. The van der Waals surface area contributed by atoms with Gasteiger partial charge in [-0.15, -0.1) is 0 Å². The van der Waals surface area contributed by atoms with Crippen LogP contribution in [0.25, 0.3) is 0 Å². The lowest BCUT2D eigenvalue weighted by molar-refractivity contribution is -0.679. The summed E-state index contributed by atoms with van der Waals surface area (Å²) >= 11 is 0. The standard InChI is InChI=1S/C41H59N2O3.HI/c1-6-7-8-9-10-11-12-13-14-15-16-17-18-24-31-46-38-29-28-35(32-37(38)41(2,3)4)40(45)43(33-36-27-22-23-30-42(36)5)39(44)34-25-20-19-21-26-34;/h19-23,25-30,32H,6-18,24,31,33H2,1-5H3;1H/q+1;/p-1. The van der Waals surface area contributed by atoms with Crippen LogP contribution in [-0.4, -0.2) is 23.3 Å². The minimum Gasteiger partial charge on any atom is -1.00 e. The lowest BCUT2D eigenvalue weighted by atomic mass is 9.85. The minimum absolute atomic E-state index is 0. The molecule has 2 aromatic carbocycles. The van der Waals surface area contributed by atoms with Crippen LogP contribution in [0.4, 0.5) is 0 Å². The highest BCUT2D eigenvalue weighted by Crippen LogP contribution is 2.33. The summed E-state index contributed by atoms with van der Waals surface area (Å²) in [6.07, 6.45) is 20.5. The highest BCUT2D eigenvalue weighted by molar-refractivity contribution is 6.10. The summed E-state index contributed by atoms with van der Waals surface area (Å²) in [5.41, 5.74) is 2.57. The van der Waals surface area contributed by atoms with E-state index in [1.165, 1.54) is 88.4 Å². The second-order valence-electron chi connectivity index (χ2n) is 13.8. The van der Waals surface area contributed by atoms with Crippen molar-refractivity contribution in [2.75, 3.05) is 6.61 Å². The Morgan fingerprint density at radius 3 is 1.77 bits per heavy atom. The van der Waals surface area contributed by atoms with Crippen molar-refractivity contribution in [1.29, 1.82) is 0 Å². The quantitative estimate of drug-likeness (QED) is 0.0533. The molecule has 0 saturated heterocycles. The Balaban J connectivity index is 0.00000768. The Morgan fingerprint density at radius 1 is 0.681 bits per heavy atom. The van der Waals surface area contributed by atoms with Gasteiger partial charge in [-0.05, 0) is 42.2 Å². The number of ether oxygens (including phenoxy) is 1. The number of amides is 2. The molecular weight excluding hydrogens is 695 g/mol. The second kappa shape index (κ2) is 22.0. The first-order valence-corrected chi connectivity index (χ1v) is 17.8. The Labute approximate surface area is 302 Å². The molecule has 47 heavy (non-hydrogen) atoms. The summed E-state index contributed by atoms with van der Waals surface area (Å²) < 4.78 is 8.24. The molecule has 0 bridgehead atoms. The predicted octanol–water partition coefficient (Wildman–Crippen LogP) is 7.16. The molecule has 1 heterocycles. The summed E-state index contributed by atoms with van der Waals surface area (Å²) in [6.45, 7) is 9.51. The maximum absolute atomic E-state index is 14.0. The van der Waals surface area contributed by atoms with Crippen molar-refractivity contribution < 1.29 is 42.9 Å². The van der Waals surface area contributed by atoms with Gasteiger partial charge in [0.15, 0.2) is 6.20 Å². The van der Waals surface area contributed by atoms with Crippen molar-refractivity contribution in [3.8, 4) is 5.75 Å². The first-order valence-electron chi connectivity index (χ1n) is 17.8. The zero-order chi connectivity index (χ0) is 33.2. The zero-order valence-corrected chi connectivity index (χ0v) is 31.9. The molecule has 0 radical (unpaired) electrons. The van der Waals surface area contributed by atoms with Gasteiger partial charge in [0.2, 0.25) is 5.69 Å². The number of hydrogen-bond donors (Lipinski definition) is 0. The van der Waals surface area contributed by atoms with Gasteiger partial charge in [-0.3, -0.25) is 14.5 Å². The van der Waals surface area contributed by atoms with Crippen molar-refractivity contribution in [2.24, 2.45) is 7.05 Å². The van der Waals surface area contributed by atoms with Crippen molar-refractivity contribution >= 4 is 11.8 Å². The van der Waals surface area contributed by atoms with Gasteiger partial charge in [0.1, 0.15) is 19.3 Å². The monoisotopic (exact) mass is 754 g/mol. The molecule has 5 nitrogen and oxygen atoms in total. The van der Waals surface area contributed by atoms with E-state index in [-0.39, 0.29) is 47.8 Å². The number of benzene rings is 2. The topological polar surface area (TPSA) is 50.5 Å². The summed E-state index contributed by atoms with van der Waals surface area (Å²) in [7, 11) is 1.92. The van der Waals surface area contributed by atoms with Crippen LogP contribution in [0, 0.1) is 0 Å². The molecule has 258 valence electrons. The maximum Gasteiger partial charge on any atom is 0.261 e. The lowest BCUT2D eigenvalue weighted by Crippen LogP contribution is -3.00. The Bertz CT molecular complexity index is 1340. The number of carbonyl (C=O) groups excluding carboxylic acids is 2. The van der Waals surface area contributed by atoms with Crippen LogP contribution in [0.3, 0.4) is 0 Å². The SMILES string of the molecule is CCCCCCCCCCCCCCCCOc1ccc(C(=O)N(Cc2cccc[n+]2C)C(=O)c2ccccc2)cc1C(C)(C)C.[I-]. The predicted molar refractivity (Wildman–Crippen MR) is 189 cm³/mol. The Hall–Kier alpha value is -2.74. The third kappa shape index (κ3) is 14.1. The van der Waals surface area contributed by atoms with Crippen LogP contribution in [0.1, 0.15) is 150 Å². The number of nitrogens with zero attached hydrogens (tertiary/aromatic N) is 2. The van der Waals surface area contributed by atoms with Crippen LogP contribution >= 0.6 is 0 Å². The second-order valence-corrected chi connectivity index (χ2v) is 13.8. The molecule has 0 atom stereocenters. The van der Waals surface area contributed by atoms with Gasteiger partial charge >= 0.3 is 0 Å². The number of hydrogen-bond acceptors (Lipinski definition) is 3. The van der Waals surface area contributed by atoms with E-state index in [0.29, 0.717) is 17.7 Å². The van der Waals surface area contributed by atoms with Crippen LogP contribution in [0.5, 0.6) is 5.75 Å². The molecular formula is C41H59IN2O3. The van der Waals surface area contributed by atoms with E-state index >= 15 is 0 Å². The number of rotatable bonds is 20. The van der Waals surface area contributed by atoms with Gasteiger partial charge in [-0.2, -0.15) is 0 Å². The Kier molecular flexibility index (Phi) is 18.9. The first kappa shape index (κ1) is 40.4. The Morgan fingerprint density at radius 2 is 1.21 bits per heavy atom. The molecule has 1 aromatic heterocycles. The van der Waals surface area contributed by atoms with Crippen molar-refractivity contribution in [2.45, 2.75) is 130 Å². The third-order valence-corrected chi connectivity index (χ3v) is 8.78. The fourth-order valence-corrected chi connectivity index (χ4v) is 5.87. The number of aryl methyl sites for hydroxylation is 1. The van der Waals surface area contributed by atoms with Crippen LogP contribution in [-0.2, 0) is 19.0 Å². The number of aromatic nitrogens is 1. The van der Waals surface area contributed by atoms with Crippen molar-refractivity contribution in [3.63, 3.8) is 0 Å². The van der Waals surface area contributed by atoms with E-state index in [0.717, 1.165) is 23.4 Å². The van der Waals surface area contributed by atoms with E-state index in [1.807, 2.05) is 66.3 Å². The highest BCUT2D eigenvalue weighted by atomic mass is 127. The van der Waals surface area contributed by atoms with Gasteiger partial charge in [0, 0.05) is 28.8 Å². The van der Waals surface area contributed by atoms with Crippen molar-refractivity contribution in [3.05, 3.63) is 95.3 Å². The molecule has 0 spiro atoms. The molecule has 6 heteroatoms. The maximum atomic E-state index is 14.0. The van der Waals surface area contributed by atoms with E-state index < -0.39 is 0 Å². The van der Waals surface area contributed by atoms with Gasteiger partial charge in [-0.1, -0.05) is 135 Å². The van der Waals surface area contributed by atoms with E-state index in [1.54, 1.807) is 18.2 Å². The fourth-order valence-electron chi connectivity index (χ4n) is 5.87. The summed E-state index contributed by atoms with van der Waals surface area (Å²) in [4.78, 5) is 29.0. The average molecular weight is 755 g/mol. The van der Waals surface area contributed by atoms with E-state index in [9.17, 15) is 9.59 Å². The molecule has 0 aliphatic heterocycles. The molecule has 0 aliphatic rings. The normalized spacial score (nSPS) is 11.2. The van der Waals surface area contributed by atoms with Crippen molar-refractivity contribution in [1.82, 2.24) is 4.90 Å². The van der Waals surface area contributed by atoms with Gasteiger partial charge in [-0.25, -0.2) is 4.57 Å². The lowest BCUT2D eigenvalue weighted by Gasteiger charge is -2.25. The molecule has 0 fully saturated rings. The number of imide groups is 1. The number of unbranched alkanes of at least 4 members (excludes halogenated alkanes) is 13. The minimum atomic E-state index is -0.318. The number of halogens is 1. The summed E-state index contributed by atoms with van der Waals surface area (Å²) in [5, 5.41) is 0. The molecule has 2 amide bonds. The smallest absolute Gasteiger partial charge is 0.261 e. The number of pyridine rings is 1. The average Bonchev–Trinajstić information content (AvgIpc) is 3.05. The summed E-state index contributed by atoms with van der Waals surface area (Å²) in [6, 6.07) is 20.4. The largest absolute Gasteiger partial charge is 1.00 e. The molecule has 3 aromatic rings. The van der Waals surface area contributed by atoms with Crippen LogP contribution in [0.15, 0.2) is 72.9 Å². The van der Waals surface area contributed by atoms with Crippen LogP contribution < -0.4 is 33.3 Å².